The Morgan fingerprint density at radius 3 is 2.52 bits per heavy atom. The third-order valence-corrected chi connectivity index (χ3v) is 2.90. The third kappa shape index (κ3) is 3.60. The Balaban J connectivity index is 2.25. The van der Waals surface area contributed by atoms with Gasteiger partial charge in [-0.2, -0.15) is 0 Å². The highest BCUT2D eigenvalue weighted by molar-refractivity contribution is 5.94. The second-order valence-electron chi connectivity index (χ2n) is 4.29. The summed E-state index contributed by atoms with van der Waals surface area (Å²) in [4.78, 5) is 15.4. The summed E-state index contributed by atoms with van der Waals surface area (Å²) in [5, 5.41) is 0. The fraction of sp³-hybridized carbons (Fsp3) is 0.125. The highest BCUT2D eigenvalue weighted by atomic mass is 16.5. The fourth-order valence-corrected chi connectivity index (χ4v) is 1.82. The average molecular weight is 284 g/mol. The molecule has 5 nitrogen and oxygen atoms in total. The third-order valence-electron chi connectivity index (χ3n) is 2.90. The number of hydrogen-bond acceptors (Lipinski definition) is 4. The summed E-state index contributed by atoms with van der Waals surface area (Å²) in [6.45, 7) is 0. The molecule has 5 heteroatoms. The molecule has 0 aliphatic carbocycles. The second-order valence-corrected chi connectivity index (χ2v) is 4.29. The molecule has 0 bridgehead atoms. The van der Waals surface area contributed by atoms with Gasteiger partial charge >= 0.3 is 0 Å². The fourth-order valence-electron chi connectivity index (χ4n) is 1.82. The van der Waals surface area contributed by atoms with Crippen molar-refractivity contribution in [1.82, 2.24) is 0 Å². The van der Waals surface area contributed by atoms with Crippen molar-refractivity contribution in [3.63, 3.8) is 0 Å². The summed E-state index contributed by atoms with van der Waals surface area (Å²) >= 11 is 0. The van der Waals surface area contributed by atoms with Gasteiger partial charge in [0.1, 0.15) is 0 Å². The molecule has 0 aliphatic rings. The van der Waals surface area contributed by atoms with E-state index in [1.165, 1.54) is 0 Å². The normalized spacial score (nSPS) is 10.6. The Hall–Kier alpha value is -2.82. The van der Waals surface area contributed by atoms with E-state index in [9.17, 15) is 4.79 Å². The number of nitrogens with zero attached hydrogens (tertiary/aromatic N) is 1. The van der Waals surface area contributed by atoms with E-state index >= 15 is 0 Å². The summed E-state index contributed by atoms with van der Waals surface area (Å²) in [6.07, 6.45) is 1.68. The van der Waals surface area contributed by atoms with Crippen LogP contribution in [0.15, 0.2) is 47.5 Å². The second kappa shape index (κ2) is 6.56. The van der Waals surface area contributed by atoms with E-state index in [0.29, 0.717) is 22.7 Å². The van der Waals surface area contributed by atoms with Crippen LogP contribution in [0.4, 0.5) is 5.69 Å². The quantitative estimate of drug-likeness (QED) is 0.857. The number of carbonyl (C=O) groups is 1. The van der Waals surface area contributed by atoms with Crippen LogP contribution in [-0.2, 0) is 0 Å². The smallest absolute Gasteiger partial charge is 0.248 e. The van der Waals surface area contributed by atoms with Gasteiger partial charge in [0.2, 0.25) is 5.91 Å². The van der Waals surface area contributed by atoms with Crippen LogP contribution in [0.25, 0.3) is 0 Å². The van der Waals surface area contributed by atoms with Gasteiger partial charge in [-0.15, -0.1) is 0 Å². The Kier molecular flexibility index (Phi) is 4.56. The highest BCUT2D eigenvalue weighted by Gasteiger charge is 2.03. The molecule has 0 atom stereocenters. The van der Waals surface area contributed by atoms with Gasteiger partial charge in [0.05, 0.1) is 19.9 Å². The van der Waals surface area contributed by atoms with Crippen molar-refractivity contribution in [2.45, 2.75) is 0 Å². The number of amides is 1. The molecule has 0 heterocycles. The lowest BCUT2D eigenvalue weighted by atomic mass is 10.2. The maximum atomic E-state index is 11.1. The number of primary amides is 1. The van der Waals surface area contributed by atoms with E-state index in [0.717, 1.165) is 5.56 Å². The van der Waals surface area contributed by atoms with Gasteiger partial charge in [-0.1, -0.05) is 6.07 Å². The Bertz CT molecular complexity index is 681. The summed E-state index contributed by atoms with van der Waals surface area (Å²) in [5.41, 5.74) is 7.18. The number of aliphatic imine (C=N–C) groups is 1. The average Bonchev–Trinajstić information content (AvgIpc) is 2.52. The largest absolute Gasteiger partial charge is 0.493 e. The zero-order valence-corrected chi connectivity index (χ0v) is 11.9. The van der Waals surface area contributed by atoms with Crippen molar-refractivity contribution >= 4 is 17.8 Å². The van der Waals surface area contributed by atoms with Crippen molar-refractivity contribution in [2.75, 3.05) is 14.2 Å². The number of benzene rings is 2. The number of methoxy groups -OCH3 is 2. The number of carbonyl (C=O) groups excluding carboxylic acids is 1. The predicted octanol–water partition coefficient (Wildman–Crippen LogP) is 2.55. The van der Waals surface area contributed by atoms with Crippen molar-refractivity contribution in [2.24, 2.45) is 10.7 Å². The van der Waals surface area contributed by atoms with Crippen LogP contribution in [0.1, 0.15) is 15.9 Å². The summed E-state index contributed by atoms with van der Waals surface area (Å²) in [7, 11) is 3.16. The zero-order valence-electron chi connectivity index (χ0n) is 11.9. The number of nitrogens with two attached hydrogens (primary N) is 1. The molecule has 0 radical (unpaired) electrons. The molecule has 0 saturated heterocycles. The van der Waals surface area contributed by atoms with Crippen LogP contribution in [0.3, 0.4) is 0 Å². The Labute approximate surface area is 123 Å². The van der Waals surface area contributed by atoms with E-state index in [4.69, 9.17) is 15.2 Å². The number of hydrogen-bond donors (Lipinski definition) is 1. The van der Waals surface area contributed by atoms with Crippen LogP contribution in [0.5, 0.6) is 11.5 Å². The molecule has 0 saturated carbocycles. The summed E-state index contributed by atoms with van der Waals surface area (Å²) < 4.78 is 10.4. The van der Waals surface area contributed by atoms with Crippen LogP contribution in [-0.4, -0.2) is 26.3 Å². The molecule has 0 unspecified atom stereocenters. The lowest BCUT2D eigenvalue weighted by Gasteiger charge is -2.07. The molecule has 1 amide bonds. The maximum absolute atomic E-state index is 11.1. The molecule has 0 aromatic heterocycles. The summed E-state index contributed by atoms with van der Waals surface area (Å²) in [5.74, 6) is 0.816. The van der Waals surface area contributed by atoms with Gasteiger partial charge in [0.15, 0.2) is 11.5 Å². The standard InChI is InChI=1S/C16H16N2O3/c1-20-14-7-6-11(8-15(14)21-2)10-18-13-5-3-4-12(9-13)16(17)19/h3-10H,1-2H3,(H2,17,19). The monoisotopic (exact) mass is 284 g/mol. The molecule has 0 fully saturated rings. The van der Waals surface area contributed by atoms with Crippen molar-refractivity contribution in [1.29, 1.82) is 0 Å². The molecular weight excluding hydrogens is 268 g/mol. The highest BCUT2D eigenvalue weighted by Crippen LogP contribution is 2.27. The molecular formula is C16H16N2O3. The van der Waals surface area contributed by atoms with Crippen LogP contribution < -0.4 is 15.2 Å². The van der Waals surface area contributed by atoms with Gasteiger partial charge in [0.25, 0.3) is 0 Å². The molecule has 0 spiro atoms. The minimum Gasteiger partial charge on any atom is -0.493 e. The number of ether oxygens (including phenoxy) is 2. The van der Waals surface area contributed by atoms with Gasteiger partial charge in [-0.05, 0) is 42.0 Å². The van der Waals surface area contributed by atoms with Crippen LogP contribution >= 0.6 is 0 Å². The van der Waals surface area contributed by atoms with Crippen molar-refractivity contribution < 1.29 is 14.3 Å². The van der Waals surface area contributed by atoms with Gasteiger partial charge in [-0.25, -0.2) is 0 Å². The van der Waals surface area contributed by atoms with Gasteiger partial charge in [0, 0.05) is 11.8 Å². The van der Waals surface area contributed by atoms with Gasteiger partial charge in [-0.3, -0.25) is 9.79 Å². The molecule has 21 heavy (non-hydrogen) atoms. The van der Waals surface area contributed by atoms with E-state index in [2.05, 4.69) is 4.99 Å². The molecule has 2 aromatic carbocycles. The lowest BCUT2D eigenvalue weighted by molar-refractivity contribution is 0.100. The topological polar surface area (TPSA) is 73.9 Å². The maximum Gasteiger partial charge on any atom is 0.248 e. The van der Waals surface area contributed by atoms with Crippen LogP contribution in [0, 0.1) is 0 Å². The van der Waals surface area contributed by atoms with Gasteiger partial charge < -0.3 is 15.2 Å². The summed E-state index contributed by atoms with van der Waals surface area (Å²) in [6, 6.07) is 12.3. The SMILES string of the molecule is COc1ccc(C=Nc2cccc(C(N)=O)c2)cc1OC. The lowest BCUT2D eigenvalue weighted by Crippen LogP contribution is -2.10. The van der Waals surface area contributed by atoms with Crippen molar-refractivity contribution in [3.8, 4) is 11.5 Å². The minimum atomic E-state index is -0.474. The van der Waals surface area contributed by atoms with E-state index in [1.807, 2.05) is 12.1 Å². The molecule has 2 N–H and O–H groups in total. The van der Waals surface area contributed by atoms with E-state index in [1.54, 1.807) is 50.8 Å². The first-order chi connectivity index (χ1) is 10.1. The predicted molar refractivity (Wildman–Crippen MR) is 81.8 cm³/mol. The molecule has 2 rings (SSSR count). The molecule has 108 valence electrons. The van der Waals surface area contributed by atoms with Crippen LogP contribution in [0.2, 0.25) is 0 Å². The zero-order chi connectivity index (χ0) is 15.2. The first-order valence-corrected chi connectivity index (χ1v) is 6.30. The van der Waals surface area contributed by atoms with E-state index < -0.39 is 5.91 Å². The molecule has 0 aliphatic heterocycles. The molecule has 2 aromatic rings. The van der Waals surface area contributed by atoms with Crippen molar-refractivity contribution in [3.05, 3.63) is 53.6 Å². The van der Waals surface area contributed by atoms with E-state index in [-0.39, 0.29) is 0 Å². The Morgan fingerprint density at radius 2 is 1.86 bits per heavy atom. The first kappa shape index (κ1) is 14.6. The number of rotatable bonds is 5. The first-order valence-electron chi connectivity index (χ1n) is 6.30. The minimum absolute atomic E-state index is 0.428. The Morgan fingerprint density at radius 1 is 1.10 bits per heavy atom.